The van der Waals surface area contributed by atoms with Crippen molar-refractivity contribution in [1.29, 1.82) is 0 Å². The number of anilines is 1. The summed E-state index contributed by atoms with van der Waals surface area (Å²) in [4.78, 5) is 28.3. The van der Waals surface area contributed by atoms with E-state index in [-0.39, 0.29) is 17.9 Å². The molecule has 1 heterocycles. The van der Waals surface area contributed by atoms with Gasteiger partial charge in [-0.25, -0.2) is 0 Å². The number of hydrogen-bond donors (Lipinski definition) is 1. The number of hydrogen-bond acceptors (Lipinski definition) is 4. The van der Waals surface area contributed by atoms with E-state index < -0.39 is 0 Å². The van der Waals surface area contributed by atoms with Crippen LogP contribution in [0.25, 0.3) is 16.3 Å². The Balaban J connectivity index is 1.72. The van der Waals surface area contributed by atoms with Gasteiger partial charge in [0.25, 0.3) is 11.8 Å². The van der Waals surface area contributed by atoms with Gasteiger partial charge < -0.3 is 10.1 Å². The molecule has 0 aromatic heterocycles. The second-order valence-electron chi connectivity index (χ2n) is 8.74. The third-order valence-corrected chi connectivity index (χ3v) is 5.99. The second kappa shape index (κ2) is 9.59. The lowest BCUT2D eigenvalue weighted by atomic mass is 9.99. The van der Waals surface area contributed by atoms with E-state index in [1.54, 1.807) is 0 Å². The SMILES string of the molecule is Cc1ccc(C2=C(Nc3cccc4ccccc34)C(=O)N(CCCOC(C)C)C2=O)cc1C. The Morgan fingerprint density at radius 1 is 0.909 bits per heavy atom. The molecular formula is C28H30N2O3. The summed E-state index contributed by atoms with van der Waals surface area (Å²) in [6.45, 7) is 8.81. The number of rotatable bonds is 8. The molecule has 3 aromatic carbocycles. The van der Waals surface area contributed by atoms with Crippen molar-refractivity contribution in [2.45, 2.75) is 40.2 Å². The molecule has 170 valence electrons. The number of imide groups is 1. The van der Waals surface area contributed by atoms with Crippen LogP contribution in [0.15, 0.2) is 66.4 Å². The molecule has 5 heteroatoms. The zero-order chi connectivity index (χ0) is 23.5. The molecule has 1 aliphatic rings. The third kappa shape index (κ3) is 4.69. The van der Waals surface area contributed by atoms with Crippen LogP contribution >= 0.6 is 0 Å². The van der Waals surface area contributed by atoms with E-state index in [1.807, 2.05) is 88.4 Å². The lowest BCUT2D eigenvalue weighted by molar-refractivity contribution is -0.137. The predicted octanol–water partition coefficient (Wildman–Crippen LogP) is 5.46. The van der Waals surface area contributed by atoms with Crippen LogP contribution in [0.1, 0.15) is 37.0 Å². The summed E-state index contributed by atoms with van der Waals surface area (Å²) in [6, 6.07) is 19.8. The van der Waals surface area contributed by atoms with Gasteiger partial charge in [0.1, 0.15) is 5.70 Å². The zero-order valence-corrected chi connectivity index (χ0v) is 19.6. The van der Waals surface area contributed by atoms with Crippen molar-refractivity contribution in [3.8, 4) is 0 Å². The molecule has 0 atom stereocenters. The summed E-state index contributed by atoms with van der Waals surface area (Å²) in [5.74, 6) is -0.568. The molecule has 0 saturated carbocycles. The lowest BCUT2D eigenvalue weighted by Crippen LogP contribution is -2.34. The van der Waals surface area contributed by atoms with Crippen molar-refractivity contribution in [3.05, 3.63) is 83.1 Å². The number of nitrogens with zero attached hydrogens (tertiary/aromatic N) is 1. The Morgan fingerprint density at radius 2 is 1.67 bits per heavy atom. The van der Waals surface area contributed by atoms with E-state index in [4.69, 9.17) is 4.74 Å². The van der Waals surface area contributed by atoms with Gasteiger partial charge in [-0.2, -0.15) is 0 Å². The Kier molecular flexibility index (Phi) is 6.61. The molecule has 0 aliphatic carbocycles. The molecule has 0 unspecified atom stereocenters. The Labute approximate surface area is 195 Å². The lowest BCUT2D eigenvalue weighted by Gasteiger charge is -2.16. The third-order valence-electron chi connectivity index (χ3n) is 5.99. The normalized spacial score (nSPS) is 14.2. The summed E-state index contributed by atoms with van der Waals surface area (Å²) in [6.07, 6.45) is 0.708. The first-order chi connectivity index (χ1) is 15.9. The van der Waals surface area contributed by atoms with Gasteiger partial charge in [0.15, 0.2) is 0 Å². The summed E-state index contributed by atoms with van der Waals surface area (Å²) < 4.78 is 5.60. The minimum atomic E-state index is -0.300. The van der Waals surface area contributed by atoms with Gasteiger partial charge in [0, 0.05) is 24.2 Å². The highest BCUT2D eigenvalue weighted by atomic mass is 16.5. The molecule has 1 N–H and O–H groups in total. The van der Waals surface area contributed by atoms with E-state index in [9.17, 15) is 9.59 Å². The van der Waals surface area contributed by atoms with Crippen LogP contribution in [-0.2, 0) is 14.3 Å². The Hall–Kier alpha value is -3.44. The molecule has 4 rings (SSSR count). The monoisotopic (exact) mass is 442 g/mol. The number of fused-ring (bicyclic) bond motifs is 1. The Morgan fingerprint density at radius 3 is 2.42 bits per heavy atom. The van der Waals surface area contributed by atoms with Gasteiger partial charge in [-0.3, -0.25) is 14.5 Å². The van der Waals surface area contributed by atoms with Crippen LogP contribution in [0.2, 0.25) is 0 Å². The van der Waals surface area contributed by atoms with Crippen molar-refractivity contribution in [3.63, 3.8) is 0 Å². The van der Waals surface area contributed by atoms with Crippen molar-refractivity contribution in [2.75, 3.05) is 18.5 Å². The van der Waals surface area contributed by atoms with Crippen LogP contribution in [-0.4, -0.2) is 36.0 Å². The van der Waals surface area contributed by atoms with Gasteiger partial charge in [0.05, 0.1) is 11.7 Å². The summed E-state index contributed by atoms with van der Waals surface area (Å²) >= 11 is 0. The average molecular weight is 443 g/mol. The van der Waals surface area contributed by atoms with Crippen LogP contribution in [0, 0.1) is 13.8 Å². The fraction of sp³-hybridized carbons (Fsp3) is 0.286. The molecule has 0 spiro atoms. The first kappa shape index (κ1) is 22.7. The van der Waals surface area contributed by atoms with E-state index in [1.165, 1.54) is 4.90 Å². The molecule has 0 bridgehead atoms. The molecule has 3 aromatic rings. The first-order valence-electron chi connectivity index (χ1n) is 11.4. The molecule has 0 radical (unpaired) electrons. The fourth-order valence-electron chi connectivity index (χ4n) is 4.07. The highest BCUT2D eigenvalue weighted by Gasteiger charge is 2.39. The van der Waals surface area contributed by atoms with E-state index in [0.717, 1.165) is 33.2 Å². The molecule has 33 heavy (non-hydrogen) atoms. The molecule has 2 amide bonds. The molecule has 0 fully saturated rings. The highest BCUT2D eigenvalue weighted by molar-refractivity contribution is 6.36. The second-order valence-corrected chi connectivity index (χ2v) is 8.74. The van der Waals surface area contributed by atoms with Crippen molar-refractivity contribution < 1.29 is 14.3 Å². The van der Waals surface area contributed by atoms with Gasteiger partial charge >= 0.3 is 0 Å². The van der Waals surface area contributed by atoms with Crippen LogP contribution in [0.3, 0.4) is 0 Å². The number of benzene rings is 3. The Bertz CT molecular complexity index is 1240. The molecule has 1 aliphatic heterocycles. The average Bonchev–Trinajstić information content (AvgIpc) is 3.02. The van der Waals surface area contributed by atoms with Crippen LogP contribution in [0.4, 0.5) is 5.69 Å². The largest absolute Gasteiger partial charge is 0.379 e. The molecule has 0 saturated heterocycles. The minimum Gasteiger partial charge on any atom is -0.379 e. The quantitative estimate of drug-likeness (QED) is 0.372. The van der Waals surface area contributed by atoms with Gasteiger partial charge in [-0.1, -0.05) is 54.6 Å². The number of amides is 2. The number of aryl methyl sites for hydroxylation is 2. The topological polar surface area (TPSA) is 58.6 Å². The number of ether oxygens (including phenoxy) is 1. The fourth-order valence-corrected chi connectivity index (χ4v) is 4.07. The minimum absolute atomic E-state index is 0.114. The maximum Gasteiger partial charge on any atom is 0.278 e. The maximum atomic E-state index is 13.5. The molecular weight excluding hydrogens is 412 g/mol. The van der Waals surface area contributed by atoms with Crippen LogP contribution < -0.4 is 5.32 Å². The number of carbonyl (C=O) groups is 2. The summed E-state index contributed by atoms with van der Waals surface area (Å²) in [5.41, 5.74) is 4.51. The standard InChI is InChI=1S/C28H30N2O3/c1-18(2)33-16-8-15-30-27(31)25(22-14-13-19(3)20(4)17-22)26(28(30)32)29-24-12-7-10-21-9-5-6-11-23(21)24/h5-7,9-14,17-18,29H,8,15-16H2,1-4H3. The van der Waals surface area contributed by atoms with E-state index in [0.29, 0.717) is 30.8 Å². The van der Waals surface area contributed by atoms with Gasteiger partial charge in [-0.05, 0) is 62.3 Å². The molecule has 5 nitrogen and oxygen atoms in total. The highest BCUT2D eigenvalue weighted by Crippen LogP contribution is 2.33. The zero-order valence-electron chi connectivity index (χ0n) is 19.6. The van der Waals surface area contributed by atoms with Gasteiger partial charge in [-0.15, -0.1) is 0 Å². The van der Waals surface area contributed by atoms with Crippen molar-refractivity contribution >= 4 is 33.8 Å². The smallest absolute Gasteiger partial charge is 0.278 e. The summed E-state index contributed by atoms with van der Waals surface area (Å²) in [5, 5.41) is 5.38. The number of nitrogens with one attached hydrogen (secondary N) is 1. The number of carbonyl (C=O) groups excluding carboxylic acids is 2. The van der Waals surface area contributed by atoms with Gasteiger partial charge in [0.2, 0.25) is 0 Å². The van der Waals surface area contributed by atoms with E-state index in [2.05, 4.69) is 5.32 Å². The maximum absolute atomic E-state index is 13.5. The summed E-state index contributed by atoms with van der Waals surface area (Å²) in [7, 11) is 0. The predicted molar refractivity (Wildman–Crippen MR) is 133 cm³/mol. The first-order valence-corrected chi connectivity index (χ1v) is 11.4. The van der Waals surface area contributed by atoms with E-state index >= 15 is 0 Å². The van der Waals surface area contributed by atoms with Crippen molar-refractivity contribution in [1.82, 2.24) is 4.90 Å². The van der Waals surface area contributed by atoms with Crippen molar-refractivity contribution in [2.24, 2.45) is 0 Å². The van der Waals surface area contributed by atoms with Crippen LogP contribution in [0.5, 0.6) is 0 Å².